The molecule has 3 rings (SSSR count). The number of amides is 1. The van der Waals surface area contributed by atoms with Crippen molar-refractivity contribution in [1.82, 2.24) is 5.32 Å². The van der Waals surface area contributed by atoms with Crippen LogP contribution in [-0.4, -0.2) is 11.9 Å². The summed E-state index contributed by atoms with van der Waals surface area (Å²) < 4.78 is 0. The smallest absolute Gasteiger partial charge is 0.261 e. The van der Waals surface area contributed by atoms with Crippen molar-refractivity contribution in [2.24, 2.45) is 5.92 Å². The van der Waals surface area contributed by atoms with Gasteiger partial charge in [0.15, 0.2) is 0 Å². The number of hydrogen-bond acceptors (Lipinski definition) is 2. The van der Waals surface area contributed by atoms with E-state index in [1.165, 1.54) is 29.7 Å². The highest BCUT2D eigenvalue weighted by Gasteiger charge is 2.23. The fraction of sp³-hybridized carbons (Fsp3) is 0.667. The first-order chi connectivity index (χ1) is 8.72. The molecule has 0 aliphatic heterocycles. The Labute approximate surface area is 113 Å². The zero-order valence-corrected chi connectivity index (χ0v) is 11.8. The minimum Gasteiger partial charge on any atom is -0.349 e. The quantitative estimate of drug-likeness (QED) is 0.868. The van der Waals surface area contributed by atoms with E-state index in [4.69, 9.17) is 0 Å². The van der Waals surface area contributed by atoms with E-state index in [0.29, 0.717) is 6.04 Å². The van der Waals surface area contributed by atoms with Gasteiger partial charge in [0.05, 0.1) is 4.88 Å². The Kier molecular flexibility index (Phi) is 3.42. The molecule has 1 amide bonds. The van der Waals surface area contributed by atoms with E-state index >= 15 is 0 Å². The van der Waals surface area contributed by atoms with Crippen molar-refractivity contribution in [2.45, 2.75) is 57.9 Å². The molecule has 1 fully saturated rings. The van der Waals surface area contributed by atoms with Crippen LogP contribution < -0.4 is 5.32 Å². The fourth-order valence-electron chi connectivity index (χ4n) is 3.14. The van der Waals surface area contributed by atoms with Crippen molar-refractivity contribution in [3.8, 4) is 0 Å². The second kappa shape index (κ2) is 5.04. The second-order valence-electron chi connectivity index (χ2n) is 5.86. The molecule has 0 spiro atoms. The lowest BCUT2D eigenvalue weighted by Crippen LogP contribution is -2.31. The average Bonchev–Trinajstić information content (AvgIpc) is 2.96. The maximum absolute atomic E-state index is 12.2. The van der Waals surface area contributed by atoms with Gasteiger partial charge in [0.2, 0.25) is 0 Å². The lowest BCUT2D eigenvalue weighted by Gasteiger charge is -2.16. The summed E-state index contributed by atoms with van der Waals surface area (Å²) in [7, 11) is 0. The molecule has 1 heterocycles. The molecular weight excluding hydrogens is 242 g/mol. The summed E-state index contributed by atoms with van der Waals surface area (Å²) in [6.45, 7) is 2.30. The molecule has 0 unspecified atom stereocenters. The van der Waals surface area contributed by atoms with Gasteiger partial charge in [-0.15, -0.1) is 11.3 Å². The summed E-state index contributed by atoms with van der Waals surface area (Å²) in [5.41, 5.74) is 1.43. The molecular formula is C15H21NOS. The Balaban J connectivity index is 1.70. The van der Waals surface area contributed by atoms with E-state index in [2.05, 4.69) is 18.3 Å². The highest BCUT2D eigenvalue weighted by atomic mass is 32.1. The summed E-state index contributed by atoms with van der Waals surface area (Å²) in [5.74, 6) is 0.937. The van der Waals surface area contributed by atoms with Gasteiger partial charge in [-0.3, -0.25) is 4.79 Å². The van der Waals surface area contributed by atoms with E-state index in [9.17, 15) is 4.79 Å². The first kappa shape index (κ1) is 12.2. The van der Waals surface area contributed by atoms with Crippen LogP contribution in [-0.2, 0) is 12.8 Å². The van der Waals surface area contributed by atoms with Crippen LogP contribution in [0, 0.1) is 5.92 Å². The van der Waals surface area contributed by atoms with E-state index in [-0.39, 0.29) is 5.91 Å². The van der Waals surface area contributed by atoms with Crippen LogP contribution in [0.5, 0.6) is 0 Å². The molecule has 0 aromatic carbocycles. The summed E-state index contributed by atoms with van der Waals surface area (Å²) in [6, 6.07) is 2.57. The Hall–Kier alpha value is -0.830. The van der Waals surface area contributed by atoms with Gasteiger partial charge in [0, 0.05) is 10.9 Å². The number of nitrogens with one attached hydrogen (secondary N) is 1. The van der Waals surface area contributed by atoms with Gasteiger partial charge in [0.25, 0.3) is 5.91 Å². The Morgan fingerprint density at radius 3 is 2.89 bits per heavy atom. The Morgan fingerprint density at radius 1 is 1.33 bits per heavy atom. The van der Waals surface area contributed by atoms with Gasteiger partial charge in [-0.2, -0.15) is 0 Å². The SMILES string of the molecule is C[C@H]1CCc2sc(C(=O)NC3CCCC3)cc2C1. The first-order valence-electron chi connectivity index (χ1n) is 7.15. The number of hydrogen-bond donors (Lipinski definition) is 1. The average molecular weight is 263 g/mol. The van der Waals surface area contributed by atoms with Crippen LogP contribution in [0.2, 0.25) is 0 Å². The minimum atomic E-state index is 0.161. The summed E-state index contributed by atoms with van der Waals surface area (Å²) in [5, 5.41) is 3.19. The lowest BCUT2D eigenvalue weighted by atomic mass is 9.90. The highest BCUT2D eigenvalue weighted by Crippen LogP contribution is 2.32. The predicted octanol–water partition coefficient (Wildman–Crippen LogP) is 3.55. The van der Waals surface area contributed by atoms with E-state index < -0.39 is 0 Å². The van der Waals surface area contributed by atoms with Crippen LogP contribution in [0.15, 0.2) is 6.07 Å². The first-order valence-corrected chi connectivity index (χ1v) is 7.96. The third-order valence-electron chi connectivity index (χ3n) is 4.24. The highest BCUT2D eigenvalue weighted by molar-refractivity contribution is 7.14. The monoisotopic (exact) mass is 263 g/mol. The van der Waals surface area contributed by atoms with Crippen LogP contribution in [0.25, 0.3) is 0 Å². The summed E-state index contributed by atoms with van der Waals surface area (Å²) in [6.07, 6.45) is 8.45. The molecule has 1 aromatic heterocycles. The minimum absolute atomic E-state index is 0.161. The standard InChI is InChI=1S/C15H21NOS/c1-10-6-7-13-11(8-10)9-14(18-13)15(17)16-12-4-2-3-5-12/h9-10,12H,2-8H2,1H3,(H,16,17)/t10-/m0/s1. The van der Waals surface area contributed by atoms with E-state index in [0.717, 1.165) is 36.5 Å². The third-order valence-corrected chi connectivity index (χ3v) is 5.48. The van der Waals surface area contributed by atoms with Crippen molar-refractivity contribution in [2.75, 3.05) is 0 Å². The zero-order chi connectivity index (χ0) is 12.5. The largest absolute Gasteiger partial charge is 0.349 e. The molecule has 2 aliphatic carbocycles. The molecule has 3 heteroatoms. The molecule has 98 valence electrons. The normalized spacial score (nSPS) is 23.9. The zero-order valence-electron chi connectivity index (χ0n) is 11.0. The molecule has 0 bridgehead atoms. The Bertz CT molecular complexity index is 445. The molecule has 1 aromatic rings. The van der Waals surface area contributed by atoms with Gasteiger partial charge < -0.3 is 5.32 Å². The van der Waals surface area contributed by atoms with Gasteiger partial charge >= 0.3 is 0 Å². The van der Waals surface area contributed by atoms with Crippen LogP contribution in [0.1, 0.15) is 59.1 Å². The van der Waals surface area contributed by atoms with Crippen molar-refractivity contribution < 1.29 is 4.79 Å². The van der Waals surface area contributed by atoms with Crippen LogP contribution in [0.3, 0.4) is 0 Å². The molecule has 2 aliphatic rings. The lowest BCUT2D eigenvalue weighted by molar-refractivity contribution is 0.0942. The van der Waals surface area contributed by atoms with E-state index in [1.54, 1.807) is 11.3 Å². The molecule has 0 radical (unpaired) electrons. The second-order valence-corrected chi connectivity index (χ2v) is 7.00. The fourth-order valence-corrected chi connectivity index (χ4v) is 4.26. The van der Waals surface area contributed by atoms with E-state index in [1.807, 2.05) is 0 Å². The summed E-state index contributed by atoms with van der Waals surface area (Å²) >= 11 is 1.72. The maximum Gasteiger partial charge on any atom is 0.261 e. The number of carbonyl (C=O) groups is 1. The number of carbonyl (C=O) groups excluding carboxylic acids is 1. The Morgan fingerprint density at radius 2 is 2.11 bits per heavy atom. The summed E-state index contributed by atoms with van der Waals surface area (Å²) in [4.78, 5) is 14.6. The third kappa shape index (κ3) is 2.46. The number of rotatable bonds is 2. The molecule has 1 N–H and O–H groups in total. The van der Waals surface area contributed by atoms with Gasteiger partial charge in [0.1, 0.15) is 0 Å². The molecule has 2 nitrogen and oxygen atoms in total. The molecule has 18 heavy (non-hydrogen) atoms. The topological polar surface area (TPSA) is 29.1 Å². The van der Waals surface area contributed by atoms with Gasteiger partial charge in [-0.05, 0) is 49.7 Å². The van der Waals surface area contributed by atoms with Crippen molar-refractivity contribution in [1.29, 1.82) is 0 Å². The molecule has 1 saturated carbocycles. The van der Waals surface area contributed by atoms with Crippen LogP contribution >= 0.6 is 11.3 Å². The molecule has 1 atom stereocenters. The van der Waals surface area contributed by atoms with Gasteiger partial charge in [-0.25, -0.2) is 0 Å². The number of aryl methyl sites for hydroxylation is 1. The maximum atomic E-state index is 12.2. The molecule has 0 saturated heterocycles. The number of thiophene rings is 1. The van der Waals surface area contributed by atoms with Crippen LogP contribution in [0.4, 0.5) is 0 Å². The van der Waals surface area contributed by atoms with Crippen molar-refractivity contribution >= 4 is 17.2 Å². The van der Waals surface area contributed by atoms with Crippen molar-refractivity contribution in [3.05, 3.63) is 21.4 Å². The number of fused-ring (bicyclic) bond motifs is 1. The predicted molar refractivity (Wildman–Crippen MR) is 75.2 cm³/mol. The van der Waals surface area contributed by atoms with Crippen molar-refractivity contribution in [3.63, 3.8) is 0 Å². The van der Waals surface area contributed by atoms with Gasteiger partial charge in [-0.1, -0.05) is 19.8 Å².